The molecule has 1 atom stereocenters. The van der Waals surface area contributed by atoms with E-state index in [2.05, 4.69) is 21.2 Å². The van der Waals surface area contributed by atoms with Crippen LogP contribution in [0.5, 0.6) is 0 Å². The Morgan fingerprint density at radius 1 is 1.20 bits per heavy atom. The molecule has 0 fully saturated rings. The third-order valence-electron chi connectivity index (χ3n) is 3.08. The fraction of sp³-hybridized carbons (Fsp3) is 0.133. The Bertz CT molecular complexity index is 630. The lowest BCUT2D eigenvalue weighted by Gasteiger charge is -2.29. The van der Waals surface area contributed by atoms with Crippen molar-refractivity contribution in [2.24, 2.45) is 0 Å². The van der Waals surface area contributed by atoms with Gasteiger partial charge in [0.2, 0.25) is 0 Å². The molecule has 104 valence electrons. The van der Waals surface area contributed by atoms with Gasteiger partial charge in [-0.25, -0.2) is 4.79 Å². The fourth-order valence-electron chi connectivity index (χ4n) is 1.92. The number of carbonyl (C=O) groups is 1. The fourth-order valence-corrected chi connectivity index (χ4v) is 2.73. The maximum Gasteiger partial charge on any atom is 0.333 e. The van der Waals surface area contributed by atoms with Crippen LogP contribution in [0.1, 0.15) is 12.5 Å². The molecule has 0 radical (unpaired) electrons. The molecule has 0 saturated heterocycles. The first kappa shape index (κ1) is 14.9. The van der Waals surface area contributed by atoms with Gasteiger partial charge >= 0.3 is 5.97 Å². The molecular weight excluding hydrogens is 342 g/mol. The smallest absolute Gasteiger partial charge is 0.333 e. The maximum atomic E-state index is 11.7. The van der Waals surface area contributed by atoms with Gasteiger partial charge in [-0.15, -0.1) is 0 Å². The number of aliphatic carboxylic acids is 1. The highest BCUT2D eigenvalue weighted by Crippen LogP contribution is 2.32. The van der Waals surface area contributed by atoms with Crippen LogP contribution in [0.3, 0.4) is 0 Å². The van der Waals surface area contributed by atoms with Crippen molar-refractivity contribution in [1.82, 2.24) is 0 Å². The number of benzene rings is 2. The summed E-state index contributed by atoms with van der Waals surface area (Å²) < 4.78 is 0.742. The standard InChI is InChI=1S/C15H13BrClNO2/c1-15(14(19)20,12-4-2-3-5-13(12)16)18-11-8-6-10(17)7-9-11/h2-9,18H,1H3,(H,19,20). The average Bonchev–Trinajstić information content (AvgIpc) is 2.41. The van der Waals surface area contributed by atoms with Crippen LogP contribution in [0.25, 0.3) is 0 Å². The first-order valence-corrected chi connectivity index (χ1v) is 7.13. The Morgan fingerprint density at radius 2 is 1.80 bits per heavy atom. The van der Waals surface area contributed by atoms with E-state index < -0.39 is 11.5 Å². The molecule has 0 aliphatic rings. The number of rotatable bonds is 4. The Labute approximate surface area is 130 Å². The molecule has 1 unspecified atom stereocenters. The summed E-state index contributed by atoms with van der Waals surface area (Å²) in [5, 5.41) is 13.3. The topological polar surface area (TPSA) is 49.3 Å². The number of hydrogen-bond donors (Lipinski definition) is 2. The molecular formula is C15H13BrClNO2. The van der Waals surface area contributed by atoms with Crippen molar-refractivity contribution in [3.8, 4) is 0 Å². The molecule has 0 aliphatic heterocycles. The van der Waals surface area contributed by atoms with Gasteiger partial charge in [-0.1, -0.05) is 45.7 Å². The number of anilines is 1. The van der Waals surface area contributed by atoms with Crippen LogP contribution in [0.4, 0.5) is 5.69 Å². The molecule has 2 aromatic rings. The molecule has 2 aromatic carbocycles. The molecule has 0 aromatic heterocycles. The Morgan fingerprint density at radius 3 is 2.35 bits per heavy atom. The molecule has 0 heterocycles. The molecule has 3 nitrogen and oxygen atoms in total. The van der Waals surface area contributed by atoms with Crippen molar-refractivity contribution in [1.29, 1.82) is 0 Å². The monoisotopic (exact) mass is 353 g/mol. The zero-order valence-corrected chi connectivity index (χ0v) is 13.1. The van der Waals surface area contributed by atoms with Gasteiger partial charge in [0.15, 0.2) is 5.54 Å². The van der Waals surface area contributed by atoms with E-state index in [0.717, 1.165) is 4.47 Å². The van der Waals surface area contributed by atoms with Crippen molar-refractivity contribution in [2.45, 2.75) is 12.5 Å². The van der Waals surface area contributed by atoms with E-state index >= 15 is 0 Å². The summed E-state index contributed by atoms with van der Waals surface area (Å²) in [6, 6.07) is 14.2. The molecule has 0 spiro atoms. The summed E-state index contributed by atoms with van der Waals surface area (Å²) in [7, 11) is 0. The van der Waals surface area contributed by atoms with Crippen LogP contribution in [0.2, 0.25) is 5.02 Å². The summed E-state index contributed by atoms with van der Waals surface area (Å²) in [5.41, 5.74) is 0.103. The third kappa shape index (κ3) is 2.97. The van der Waals surface area contributed by atoms with E-state index in [1.165, 1.54) is 0 Å². The minimum Gasteiger partial charge on any atom is -0.479 e. The highest BCUT2D eigenvalue weighted by molar-refractivity contribution is 9.10. The molecule has 0 saturated carbocycles. The van der Waals surface area contributed by atoms with Crippen molar-refractivity contribution in [2.75, 3.05) is 5.32 Å². The summed E-state index contributed by atoms with van der Waals surface area (Å²) in [5.74, 6) is -0.959. The van der Waals surface area contributed by atoms with Gasteiger partial charge in [0.05, 0.1) is 0 Å². The number of carboxylic acid groups (broad SMARTS) is 1. The van der Waals surface area contributed by atoms with Crippen molar-refractivity contribution in [3.63, 3.8) is 0 Å². The summed E-state index contributed by atoms with van der Waals surface area (Å²) in [6.45, 7) is 1.63. The van der Waals surface area contributed by atoms with Crippen molar-refractivity contribution in [3.05, 3.63) is 63.6 Å². The van der Waals surface area contributed by atoms with Crippen LogP contribution in [0, 0.1) is 0 Å². The van der Waals surface area contributed by atoms with Crippen LogP contribution < -0.4 is 5.32 Å². The molecule has 2 rings (SSSR count). The number of nitrogens with one attached hydrogen (secondary N) is 1. The van der Waals surface area contributed by atoms with E-state index in [1.807, 2.05) is 18.2 Å². The van der Waals surface area contributed by atoms with E-state index in [1.54, 1.807) is 37.3 Å². The molecule has 0 bridgehead atoms. The largest absolute Gasteiger partial charge is 0.479 e. The average molecular weight is 355 g/mol. The quantitative estimate of drug-likeness (QED) is 0.849. The van der Waals surface area contributed by atoms with Gasteiger partial charge in [0.25, 0.3) is 0 Å². The highest BCUT2D eigenvalue weighted by Gasteiger charge is 2.36. The van der Waals surface area contributed by atoms with Gasteiger partial charge in [-0.05, 0) is 37.3 Å². The number of halogens is 2. The minimum atomic E-state index is -1.24. The van der Waals surface area contributed by atoms with Crippen molar-refractivity contribution < 1.29 is 9.90 Å². The second-order valence-corrected chi connectivity index (χ2v) is 5.83. The van der Waals surface area contributed by atoms with E-state index in [4.69, 9.17) is 11.6 Å². The predicted octanol–water partition coefficient (Wildman–Crippen LogP) is 4.51. The molecule has 0 aliphatic carbocycles. The minimum absolute atomic E-state index is 0.605. The molecule has 20 heavy (non-hydrogen) atoms. The van der Waals surface area contributed by atoms with Gasteiger partial charge in [0, 0.05) is 20.7 Å². The zero-order chi connectivity index (χ0) is 14.8. The summed E-state index contributed by atoms with van der Waals surface area (Å²) in [4.78, 5) is 11.7. The lowest BCUT2D eigenvalue weighted by Crippen LogP contribution is -2.40. The van der Waals surface area contributed by atoms with Gasteiger partial charge in [0.1, 0.15) is 0 Å². The summed E-state index contributed by atoms with van der Waals surface area (Å²) >= 11 is 9.24. The Balaban J connectivity index is 2.43. The lowest BCUT2D eigenvalue weighted by atomic mass is 9.91. The predicted molar refractivity (Wildman–Crippen MR) is 84.2 cm³/mol. The van der Waals surface area contributed by atoms with Gasteiger partial charge in [-0.2, -0.15) is 0 Å². The first-order chi connectivity index (χ1) is 9.43. The second-order valence-electron chi connectivity index (χ2n) is 4.54. The normalized spacial score (nSPS) is 13.6. The van der Waals surface area contributed by atoms with Gasteiger partial charge < -0.3 is 10.4 Å². The number of carboxylic acids is 1. The zero-order valence-electron chi connectivity index (χ0n) is 10.7. The van der Waals surface area contributed by atoms with E-state index in [9.17, 15) is 9.90 Å². The van der Waals surface area contributed by atoms with Crippen LogP contribution in [-0.4, -0.2) is 11.1 Å². The molecule has 2 N–H and O–H groups in total. The van der Waals surface area contributed by atoms with E-state index in [-0.39, 0.29) is 0 Å². The van der Waals surface area contributed by atoms with Crippen LogP contribution in [-0.2, 0) is 10.3 Å². The number of hydrogen-bond acceptors (Lipinski definition) is 2. The summed E-state index contributed by atoms with van der Waals surface area (Å²) in [6.07, 6.45) is 0. The Hall–Kier alpha value is -1.52. The maximum absolute atomic E-state index is 11.7. The highest BCUT2D eigenvalue weighted by atomic mass is 79.9. The SMILES string of the molecule is CC(Nc1ccc(Cl)cc1)(C(=O)O)c1ccccc1Br. The first-order valence-electron chi connectivity index (χ1n) is 5.95. The van der Waals surface area contributed by atoms with Crippen LogP contribution >= 0.6 is 27.5 Å². The van der Waals surface area contributed by atoms with Gasteiger partial charge in [-0.3, -0.25) is 0 Å². The third-order valence-corrected chi connectivity index (χ3v) is 4.02. The lowest BCUT2D eigenvalue weighted by molar-refractivity contribution is -0.142. The molecule has 5 heteroatoms. The second kappa shape index (κ2) is 5.85. The van der Waals surface area contributed by atoms with Crippen LogP contribution in [0.15, 0.2) is 53.0 Å². The Kier molecular flexibility index (Phi) is 4.35. The van der Waals surface area contributed by atoms with Crippen molar-refractivity contribution >= 4 is 39.2 Å². The van der Waals surface area contributed by atoms with E-state index in [0.29, 0.717) is 16.3 Å². The molecule has 0 amide bonds.